The van der Waals surface area contributed by atoms with E-state index in [1.165, 1.54) is 0 Å². The third-order valence-corrected chi connectivity index (χ3v) is 3.72. The van der Waals surface area contributed by atoms with Crippen LogP contribution in [0.5, 0.6) is 0 Å². The first-order valence-electron chi connectivity index (χ1n) is 4.96. The smallest absolute Gasteiger partial charge is 0.0626 e. The Labute approximate surface area is 108 Å². The highest BCUT2D eigenvalue weighted by Gasteiger charge is 2.06. The van der Waals surface area contributed by atoms with Gasteiger partial charge < -0.3 is 5.73 Å². The fraction of sp³-hybridized carbons (Fsp3) is 0.0769. The Kier molecular flexibility index (Phi) is 3.64. The van der Waals surface area contributed by atoms with Gasteiger partial charge in [-0.05, 0) is 39.2 Å². The maximum atomic E-state index is 6.25. The molecule has 3 heteroatoms. The predicted molar refractivity (Wildman–Crippen MR) is 72.5 cm³/mol. The van der Waals surface area contributed by atoms with E-state index in [9.17, 15) is 0 Å². The summed E-state index contributed by atoms with van der Waals surface area (Å²) >= 11 is 9.67. The summed E-state index contributed by atoms with van der Waals surface area (Å²) in [6.45, 7) is 0.541. The number of benzene rings is 2. The Morgan fingerprint density at radius 3 is 2.62 bits per heavy atom. The second kappa shape index (κ2) is 5.00. The summed E-state index contributed by atoms with van der Waals surface area (Å²) in [5.41, 5.74) is 8.84. The summed E-state index contributed by atoms with van der Waals surface area (Å²) in [5.74, 6) is 0. The Balaban J connectivity index is 2.54. The molecule has 0 aliphatic rings. The fourth-order valence-electron chi connectivity index (χ4n) is 1.59. The standard InChI is InChI=1S/C13H11BrClN/c14-12-6-2-5-11(13(12)15)10-4-1-3-9(7-10)8-16/h1-7H,8,16H2. The highest BCUT2D eigenvalue weighted by molar-refractivity contribution is 9.10. The van der Waals surface area contributed by atoms with Crippen molar-refractivity contribution in [2.45, 2.75) is 6.54 Å². The largest absolute Gasteiger partial charge is 0.326 e. The van der Waals surface area contributed by atoms with Gasteiger partial charge in [0.25, 0.3) is 0 Å². The van der Waals surface area contributed by atoms with Gasteiger partial charge in [-0.25, -0.2) is 0 Å². The SMILES string of the molecule is NCc1cccc(-c2cccc(Br)c2Cl)c1. The van der Waals surface area contributed by atoms with E-state index in [1.54, 1.807) is 0 Å². The second-order valence-corrected chi connectivity index (χ2v) is 4.74. The van der Waals surface area contributed by atoms with Crippen LogP contribution in [0.15, 0.2) is 46.9 Å². The Morgan fingerprint density at radius 2 is 1.88 bits per heavy atom. The molecule has 0 atom stereocenters. The van der Waals surface area contributed by atoms with E-state index in [0.29, 0.717) is 6.54 Å². The van der Waals surface area contributed by atoms with Crippen LogP contribution in [0.2, 0.25) is 5.02 Å². The number of hydrogen-bond acceptors (Lipinski definition) is 1. The molecule has 82 valence electrons. The Hall–Kier alpha value is -0.830. The summed E-state index contributed by atoms with van der Waals surface area (Å²) in [6.07, 6.45) is 0. The second-order valence-electron chi connectivity index (χ2n) is 3.51. The molecule has 0 radical (unpaired) electrons. The molecule has 0 amide bonds. The van der Waals surface area contributed by atoms with Crippen LogP contribution in [0.1, 0.15) is 5.56 Å². The summed E-state index contributed by atoms with van der Waals surface area (Å²) in [7, 11) is 0. The molecule has 0 aliphatic heterocycles. The highest BCUT2D eigenvalue weighted by Crippen LogP contribution is 2.33. The van der Waals surface area contributed by atoms with Crippen molar-refractivity contribution >= 4 is 27.5 Å². The van der Waals surface area contributed by atoms with E-state index in [4.69, 9.17) is 17.3 Å². The molecule has 0 heterocycles. The molecule has 0 saturated carbocycles. The van der Waals surface area contributed by atoms with Crippen LogP contribution >= 0.6 is 27.5 Å². The van der Waals surface area contributed by atoms with E-state index in [-0.39, 0.29) is 0 Å². The van der Waals surface area contributed by atoms with Gasteiger partial charge in [-0.2, -0.15) is 0 Å². The zero-order chi connectivity index (χ0) is 11.5. The molecule has 2 aromatic carbocycles. The molecule has 2 rings (SSSR count). The molecular formula is C13H11BrClN. The minimum absolute atomic E-state index is 0.541. The first kappa shape index (κ1) is 11.6. The van der Waals surface area contributed by atoms with Gasteiger partial charge in [-0.1, -0.05) is 41.9 Å². The molecule has 0 spiro atoms. The molecule has 0 fully saturated rings. The molecule has 2 N–H and O–H groups in total. The summed E-state index contributed by atoms with van der Waals surface area (Å²) < 4.78 is 0.907. The summed E-state index contributed by atoms with van der Waals surface area (Å²) in [6, 6.07) is 14.0. The van der Waals surface area contributed by atoms with Gasteiger partial charge in [-0.15, -0.1) is 0 Å². The Bertz CT molecular complexity index is 511. The molecule has 16 heavy (non-hydrogen) atoms. The number of halogens is 2. The van der Waals surface area contributed by atoms with Crippen molar-refractivity contribution in [2.75, 3.05) is 0 Å². The van der Waals surface area contributed by atoms with Crippen LogP contribution in [-0.2, 0) is 6.54 Å². The molecule has 0 saturated heterocycles. The van der Waals surface area contributed by atoms with Gasteiger partial charge in [0.15, 0.2) is 0 Å². The van der Waals surface area contributed by atoms with Crippen molar-refractivity contribution in [3.8, 4) is 11.1 Å². The lowest BCUT2D eigenvalue weighted by Crippen LogP contribution is -1.95. The molecule has 1 nitrogen and oxygen atoms in total. The molecule has 2 aromatic rings. The van der Waals surface area contributed by atoms with Crippen LogP contribution in [0.3, 0.4) is 0 Å². The van der Waals surface area contributed by atoms with E-state index in [1.807, 2.05) is 36.4 Å². The van der Waals surface area contributed by atoms with Crippen LogP contribution in [0.4, 0.5) is 0 Å². The summed E-state index contributed by atoms with van der Waals surface area (Å²) in [4.78, 5) is 0. The zero-order valence-electron chi connectivity index (χ0n) is 8.58. The van der Waals surface area contributed by atoms with Crippen LogP contribution < -0.4 is 5.73 Å². The third kappa shape index (κ3) is 2.29. The van der Waals surface area contributed by atoms with Gasteiger partial charge in [0, 0.05) is 16.6 Å². The monoisotopic (exact) mass is 295 g/mol. The van der Waals surface area contributed by atoms with Gasteiger partial charge in [0.1, 0.15) is 0 Å². The summed E-state index contributed by atoms with van der Waals surface area (Å²) in [5, 5.41) is 0.733. The lowest BCUT2D eigenvalue weighted by molar-refractivity contribution is 1.07. The molecule has 0 unspecified atom stereocenters. The van der Waals surface area contributed by atoms with E-state index >= 15 is 0 Å². The van der Waals surface area contributed by atoms with Gasteiger partial charge in [0.2, 0.25) is 0 Å². The lowest BCUT2D eigenvalue weighted by atomic mass is 10.0. The van der Waals surface area contributed by atoms with Crippen molar-refractivity contribution in [3.05, 3.63) is 57.5 Å². The molecule has 0 aliphatic carbocycles. The maximum Gasteiger partial charge on any atom is 0.0626 e. The normalized spacial score (nSPS) is 10.4. The average molecular weight is 297 g/mol. The van der Waals surface area contributed by atoms with Crippen LogP contribution in [-0.4, -0.2) is 0 Å². The van der Waals surface area contributed by atoms with Gasteiger partial charge >= 0.3 is 0 Å². The first-order valence-corrected chi connectivity index (χ1v) is 6.13. The minimum Gasteiger partial charge on any atom is -0.326 e. The number of nitrogens with two attached hydrogens (primary N) is 1. The maximum absolute atomic E-state index is 6.25. The number of rotatable bonds is 2. The van der Waals surface area contributed by atoms with Gasteiger partial charge in [-0.3, -0.25) is 0 Å². The topological polar surface area (TPSA) is 26.0 Å². The van der Waals surface area contributed by atoms with Crippen molar-refractivity contribution in [1.29, 1.82) is 0 Å². The van der Waals surface area contributed by atoms with Crippen LogP contribution in [0.25, 0.3) is 11.1 Å². The Morgan fingerprint density at radius 1 is 1.12 bits per heavy atom. The van der Waals surface area contributed by atoms with E-state index < -0.39 is 0 Å². The first-order chi connectivity index (χ1) is 7.72. The zero-order valence-corrected chi connectivity index (χ0v) is 10.9. The van der Waals surface area contributed by atoms with E-state index in [0.717, 1.165) is 26.2 Å². The van der Waals surface area contributed by atoms with Gasteiger partial charge in [0.05, 0.1) is 5.02 Å². The van der Waals surface area contributed by atoms with Crippen molar-refractivity contribution in [2.24, 2.45) is 5.73 Å². The molecule has 0 aromatic heterocycles. The molecular weight excluding hydrogens is 286 g/mol. The lowest BCUT2D eigenvalue weighted by Gasteiger charge is -2.07. The predicted octanol–water partition coefficient (Wildman–Crippen LogP) is 4.23. The molecule has 0 bridgehead atoms. The number of hydrogen-bond donors (Lipinski definition) is 1. The highest BCUT2D eigenvalue weighted by atomic mass is 79.9. The van der Waals surface area contributed by atoms with Crippen molar-refractivity contribution in [1.82, 2.24) is 0 Å². The van der Waals surface area contributed by atoms with Crippen molar-refractivity contribution < 1.29 is 0 Å². The van der Waals surface area contributed by atoms with E-state index in [2.05, 4.69) is 22.0 Å². The van der Waals surface area contributed by atoms with Crippen molar-refractivity contribution in [3.63, 3.8) is 0 Å². The fourth-order valence-corrected chi connectivity index (χ4v) is 2.19. The third-order valence-electron chi connectivity index (χ3n) is 2.43. The van der Waals surface area contributed by atoms with Crippen LogP contribution in [0, 0.1) is 0 Å². The quantitative estimate of drug-likeness (QED) is 0.882. The minimum atomic E-state index is 0.541. The average Bonchev–Trinajstić information content (AvgIpc) is 2.33.